The van der Waals surface area contributed by atoms with Gasteiger partial charge in [0.1, 0.15) is 0 Å². The Morgan fingerprint density at radius 3 is 2.96 bits per heavy atom. The van der Waals surface area contributed by atoms with Crippen molar-refractivity contribution in [3.63, 3.8) is 0 Å². The molecule has 2 aromatic rings. The Morgan fingerprint density at radius 2 is 2.09 bits per heavy atom. The van der Waals surface area contributed by atoms with Gasteiger partial charge in [-0.05, 0) is 17.5 Å². The van der Waals surface area contributed by atoms with Gasteiger partial charge in [0.15, 0.2) is 0 Å². The van der Waals surface area contributed by atoms with E-state index >= 15 is 0 Å². The zero-order valence-electron chi connectivity index (χ0n) is 13.7. The largest absolute Gasteiger partial charge is 0.379 e. The highest BCUT2D eigenvalue weighted by atomic mass is 16.5. The number of hydrogen-bond donors (Lipinski definition) is 1. The summed E-state index contributed by atoms with van der Waals surface area (Å²) in [4.78, 5) is 2.46. The Morgan fingerprint density at radius 1 is 1.26 bits per heavy atom. The summed E-state index contributed by atoms with van der Waals surface area (Å²) in [5.74, 6) is 0. The fraction of sp³-hybridized carbons (Fsp3) is 0.500. The third kappa shape index (κ3) is 3.04. The maximum Gasteiger partial charge on any atom is 0.0884 e. The first kappa shape index (κ1) is 14.9. The van der Waals surface area contributed by atoms with Crippen LogP contribution in [-0.2, 0) is 24.8 Å². The minimum atomic E-state index is 0.206. The van der Waals surface area contributed by atoms with E-state index in [1.54, 1.807) is 0 Å². The third-order valence-corrected chi connectivity index (χ3v) is 4.82. The first-order valence-electron chi connectivity index (χ1n) is 8.45. The third-order valence-electron chi connectivity index (χ3n) is 4.82. The molecule has 1 atom stereocenters. The van der Waals surface area contributed by atoms with Crippen molar-refractivity contribution in [1.29, 1.82) is 0 Å². The molecule has 0 amide bonds. The molecule has 0 unspecified atom stereocenters. The monoisotopic (exact) mass is 312 g/mol. The topological polar surface area (TPSA) is 42.3 Å². The van der Waals surface area contributed by atoms with Gasteiger partial charge >= 0.3 is 0 Å². The van der Waals surface area contributed by atoms with Crippen molar-refractivity contribution in [2.24, 2.45) is 7.05 Å². The maximum atomic E-state index is 5.46. The minimum Gasteiger partial charge on any atom is -0.379 e. The van der Waals surface area contributed by atoms with Gasteiger partial charge in [0.25, 0.3) is 0 Å². The first-order chi connectivity index (χ1) is 11.3. The summed E-state index contributed by atoms with van der Waals surface area (Å²) in [7, 11) is 2.01. The number of hydrogen-bond acceptors (Lipinski definition) is 4. The van der Waals surface area contributed by atoms with Gasteiger partial charge in [-0.3, -0.25) is 9.58 Å². The van der Waals surface area contributed by atoms with Crippen LogP contribution in [0.3, 0.4) is 0 Å². The number of rotatable bonds is 3. The number of aromatic nitrogens is 2. The van der Waals surface area contributed by atoms with Crippen LogP contribution in [0.5, 0.6) is 0 Å². The molecule has 23 heavy (non-hydrogen) atoms. The van der Waals surface area contributed by atoms with Crippen molar-refractivity contribution in [2.45, 2.75) is 19.0 Å². The molecule has 5 heteroatoms. The van der Waals surface area contributed by atoms with Gasteiger partial charge in [0, 0.05) is 45.0 Å². The number of nitrogens with zero attached hydrogens (tertiary/aromatic N) is 3. The number of benzene rings is 1. The van der Waals surface area contributed by atoms with E-state index in [1.165, 1.54) is 22.4 Å². The standard InChI is InChI=1S/C18H24N4O/c1-21-12-15(13-22-8-10-23-11-9-22)17(20-21)18-16-5-3-2-4-14(16)6-7-19-18/h2-5,12,18-19H,6-11,13H2,1H3/t18-/m0/s1. The molecule has 0 radical (unpaired) electrons. The van der Waals surface area contributed by atoms with Crippen molar-refractivity contribution in [1.82, 2.24) is 20.0 Å². The van der Waals surface area contributed by atoms with Crippen LogP contribution in [0.4, 0.5) is 0 Å². The molecule has 1 saturated heterocycles. The van der Waals surface area contributed by atoms with Crippen LogP contribution in [-0.4, -0.2) is 47.5 Å². The lowest BCUT2D eigenvalue weighted by molar-refractivity contribution is 0.0340. The molecule has 1 aromatic heterocycles. The average molecular weight is 312 g/mol. The van der Waals surface area contributed by atoms with Gasteiger partial charge in [0.2, 0.25) is 0 Å². The van der Waals surface area contributed by atoms with Crippen molar-refractivity contribution in [2.75, 3.05) is 32.8 Å². The quantitative estimate of drug-likeness (QED) is 0.932. The molecular weight excluding hydrogens is 288 g/mol. The fourth-order valence-corrected chi connectivity index (χ4v) is 3.67. The predicted octanol–water partition coefficient (Wildman–Crippen LogP) is 1.49. The van der Waals surface area contributed by atoms with Crippen LogP contribution in [0.25, 0.3) is 0 Å². The molecule has 4 rings (SSSR count). The second-order valence-electron chi connectivity index (χ2n) is 6.44. The minimum absolute atomic E-state index is 0.206. The summed E-state index contributed by atoms with van der Waals surface area (Å²) >= 11 is 0. The Kier molecular flexibility index (Phi) is 4.16. The van der Waals surface area contributed by atoms with Gasteiger partial charge in [0.05, 0.1) is 24.9 Å². The molecule has 3 heterocycles. The summed E-state index contributed by atoms with van der Waals surface area (Å²) in [6.45, 7) is 5.63. The number of morpholine rings is 1. The smallest absolute Gasteiger partial charge is 0.0884 e. The molecule has 2 aliphatic heterocycles. The van der Waals surface area contributed by atoms with Crippen LogP contribution in [0, 0.1) is 0 Å². The molecule has 1 N–H and O–H groups in total. The van der Waals surface area contributed by atoms with E-state index in [0.29, 0.717) is 0 Å². The molecule has 122 valence electrons. The maximum absolute atomic E-state index is 5.46. The predicted molar refractivity (Wildman–Crippen MR) is 89.3 cm³/mol. The summed E-state index contributed by atoms with van der Waals surface area (Å²) in [6.07, 6.45) is 3.27. The molecule has 0 aliphatic carbocycles. The molecule has 2 aliphatic rings. The van der Waals surface area contributed by atoms with E-state index in [0.717, 1.165) is 45.8 Å². The van der Waals surface area contributed by atoms with Gasteiger partial charge in [-0.1, -0.05) is 24.3 Å². The fourth-order valence-electron chi connectivity index (χ4n) is 3.67. The SMILES string of the molecule is Cn1cc(CN2CCOCC2)c([C@H]2NCCc3ccccc32)n1. The first-order valence-corrected chi connectivity index (χ1v) is 8.45. The van der Waals surface area contributed by atoms with Gasteiger partial charge in [-0.2, -0.15) is 5.10 Å². The zero-order valence-corrected chi connectivity index (χ0v) is 13.7. The molecule has 1 aromatic carbocycles. The molecule has 5 nitrogen and oxygen atoms in total. The Labute approximate surface area is 137 Å². The highest BCUT2D eigenvalue weighted by Gasteiger charge is 2.26. The van der Waals surface area contributed by atoms with Crippen molar-refractivity contribution >= 4 is 0 Å². The van der Waals surface area contributed by atoms with Crippen LogP contribution in [0.2, 0.25) is 0 Å². The van der Waals surface area contributed by atoms with E-state index in [9.17, 15) is 0 Å². The second-order valence-corrected chi connectivity index (χ2v) is 6.44. The van der Waals surface area contributed by atoms with Gasteiger partial charge in [-0.15, -0.1) is 0 Å². The van der Waals surface area contributed by atoms with E-state index in [4.69, 9.17) is 9.84 Å². The van der Waals surface area contributed by atoms with Crippen molar-refractivity contribution in [3.05, 3.63) is 52.8 Å². The van der Waals surface area contributed by atoms with Crippen molar-refractivity contribution in [3.8, 4) is 0 Å². The number of fused-ring (bicyclic) bond motifs is 1. The number of aryl methyl sites for hydroxylation is 1. The lowest BCUT2D eigenvalue weighted by Crippen LogP contribution is -2.36. The van der Waals surface area contributed by atoms with E-state index in [1.807, 2.05) is 11.7 Å². The Hall–Kier alpha value is -1.69. The Balaban J connectivity index is 1.64. The van der Waals surface area contributed by atoms with Crippen LogP contribution in [0.15, 0.2) is 30.5 Å². The number of nitrogens with one attached hydrogen (secondary N) is 1. The molecule has 0 bridgehead atoms. The van der Waals surface area contributed by atoms with Crippen LogP contribution in [0.1, 0.15) is 28.4 Å². The summed E-state index contributed by atoms with van der Waals surface area (Å²) in [6, 6.07) is 8.95. The highest BCUT2D eigenvalue weighted by Crippen LogP contribution is 2.30. The Bertz CT molecular complexity index is 675. The molecular formula is C18H24N4O. The van der Waals surface area contributed by atoms with E-state index in [2.05, 4.69) is 40.7 Å². The van der Waals surface area contributed by atoms with Gasteiger partial charge in [-0.25, -0.2) is 0 Å². The van der Waals surface area contributed by atoms with Crippen LogP contribution >= 0.6 is 0 Å². The zero-order chi connectivity index (χ0) is 15.6. The van der Waals surface area contributed by atoms with Crippen molar-refractivity contribution < 1.29 is 4.74 Å². The average Bonchev–Trinajstić information content (AvgIpc) is 2.95. The summed E-state index contributed by atoms with van der Waals surface area (Å²) in [5, 5.41) is 8.46. The van der Waals surface area contributed by atoms with E-state index in [-0.39, 0.29) is 6.04 Å². The second kappa shape index (κ2) is 6.43. The molecule has 0 saturated carbocycles. The van der Waals surface area contributed by atoms with E-state index < -0.39 is 0 Å². The lowest BCUT2D eigenvalue weighted by Gasteiger charge is -2.29. The van der Waals surface area contributed by atoms with Crippen LogP contribution < -0.4 is 5.32 Å². The molecule has 1 fully saturated rings. The lowest BCUT2D eigenvalue weighted by atomic mass is 9.91. The summed E-state index contributed by atoms with van der Waals surface area (Å²) < 4.78 is 7.41. The normalized spacial score (nSPS) is 22.0. The molecule has 0 spiro atoms. The highest BCUT2D eigenvalue weighted by molar-refractivity contribution is 5.39. The summed E-state index contributed by atoms with van der Waals surface area (Å²) in [5.41, 5.74) is 5.31. The van der Waals surface area contributed by atoms with Gasteiger partial charge < -0.3 is 10.1 Å². The number of ether oxygens (including phenoxy) is 1.